The summed E-state index contributed by atoms with van der Waals surface area (Å²) in [5.41, 5.74) is 16.2. The number of rotatable bonds is 0. The number of para-hydroxylation sites is 3. The van der Waals surface area contributed by atoms with Crippen molar-refractivity contribution in [3.63, 3.8) is 0 Å². The lowest BCUT2D eigenvalue weighted by Gasteiger charge is -2.52. The van der Waals surface area contributed by atoms with E-state index in [4.69, 9.17) is 0 Å². The average Bonchev–Trinajstić information content (AvgIpc) is 3.06. The van der Waals surface area contributed by atoms with Crippen LogP contribution in [0.3, 0.4) is 0 Å². The van der Waals surface area contributed by atoms with Gasteiger partial charge in [-0.1, -0.05) is 71.7 Å². The third kappa shape index (κ3) is 2.48. The molecule has 0 fully saturated rings. The average molecular weight is 600 g/mol. The third-order valence-electron chi connectivity index (χ3n) is 9.71. The minimum absolute atomic E-state index is 0.172. The first-order valence-corrected chi connectivity index (χ1v) is 17.0. The van der Waals surface area contributed by atoms with Crippen LogP contribution < -0.4 is 31.1 Å². The summed E-state index contributed by atoms with van der Waals surface area (Å²) in [5.74, 6) is 0. The van der Waals surface area contributed by atoms with Crippen LogP contribution in [0.5, 0.6) is 0 Å². The Morgan fingerprint density at radius 1 is 0.326 bits per heavy atom. The first-order chi connectivity index (χ1) is 21.3. The molecule has 0 unspecified atom stereocenters. The van der Waals surface area contributed by atoms with Gasteiger partial charge in [0.25, 0.3) is 6.71 Å². The standard InChI is InChI=1S/C36H18BN3S3/c1-4-10-25-19(7-1)38-22-13-16-29-35-31(22)37-32-23(14-17-28(41-25)34(32)38)39-20-8-2-5-11-26(20)43-30-18-15-24(33(37)36(30)39)40(35)21-9-3-6-12-27(21)42-29/h1-18H. The van der Waals surface area contributed by atoms with E-state index in [1.165, 1.54) is 96.9 Å². The van der Waals surface area contributed by atoms with Crippen LogP contribution in [0.4, 0.5) is 51.2 Å². The fraction of sp³-hybridized carbons (Fsp3) is 0. The van der Waals surface area contributed by atoms with Gasteiger partial charge >= 0.3 is 0 Å². The second kappa shape index (κ2) is 7.48. The molecule has 7 heteroatoms. The molecule has 6 aromatic rings. The van der Waals surface area contributed by atoms with Crippen LogP contribution in [0.15, 0.2) is 139 Å². The number of hydrogen-bond donors (Lipinski definition) is 0. The zero-order valence-corrected chi connectivity index (χ0v) is 25.0. The van der Waals surface area contributed by atoms with Crippen LogP contribution in [0, 0.1) is 0 Å². The Balaban J connectivity index is 1.29. The molecule has 0 bridgehead atoms. The Morgan fingerprint density at radius 2 is 0.651 bits per heavy atom. The molecule has 0 radical (unpaired) electrons. The van der Waals surface area contributed by atoms with E-state index in [0.29, 0.717) is 0 Å². The summed E-state index contributed by atoms with van der Waals surface area (Å²) >= 11 is 5.74. The molecular weight excluding hydrogens is 581 g/mol. The van der Waals surface area contributed by atoms with Gasteiger partial charge in [0, 0.05) is 46.4 Å². The SMILES string of the molecule is c1ccc2c(c1)Sc1ccc3c4c1N2c1ccc2c5c1B4c1c(ccc4c1N3c1ccccc1S4)N5c1ccccc1S2. The van der Waals surface area contributed by atoms with Crippen LogP contribution in [0.2, 0.25) is 0 Å². The summed E-state index contributed by atoms with van der Waals surface area (Å²) in [6.45, 7) is 0.172. The molecule has 0 spiro atoms. The second-order valence-corrected chi connectivity index (χ2v) is 14.9. The molecule has 0 saturated heterocycles. The number of hydrogen-bond acceptors (Lipinski definition) is 6. The summed E-state index contributed by atoms with van der Waals surface area (Å²) in [5, 5.41) is 0. The molecule has 12 rings (SSSR count). The highest BCUT2D eigenvalue weighted by molar-refractivity contribution is 8.00. The van der Waals surface area contributed by atoms with E-state index in [2.05, 4.69) is 124 Å². The van der Waals surface area contributed by atoms with Crippen molar-refractivity contribution in [3.8, 4) is 0 Å². The lowest BCUT2D eigenvalue weighted by atomic mass is 9.31. The lowest BCUT2D eigenvalue weighted by molar-refractivity contribution is 1.11. The summed E-state index contributed by atoms with van der Waals surface area (Å²) in [7, 11) is 0. The first-order valence-electron chi connectivity index (χ1n) is 14.6. The fourth-order valence-electron chi connectivity index (χ4n) is 8.19. The van der Waals surface area contributed by atoms with E-state index < -0.39 is 0 Å². The molecule has 0 N–H and O–H groups in total. The first kappa shape index (κ1) is 22.4. The molecule has 43 heavy (non-hydrogen) atoms. The zero-order valence-electron chi connectivity index (χ0n) is 22.5. The Labute approximate surface area is 261 Å². The molecular formula is C36H18BN3S3. The highest BCUT2D eigenvalue weighted by Crippen LogP contribution is 2.62. The van der Waals surface area contributed by atoms with Crippen LogP contribution in [-0.4, -0.2) is 6.71 Å². The van der Waals surface area contributed by atoms with Gasteiger partial charge in [-0.2, -0.15) is 0 Å². The van der Waals surface area contributed by atoms with Gasteiger partial charge in [-0.3, -0.25) is 0 Å². The number of benzene rings is 6. The van der Waals surface area contributed by atoms with E-state index in [1.807, 2.05) is 35.3 Å². The maximum absolute atomic E-state index is 2.58. The molecule has 198 valence electrons. The van der Waals surface area contributed by atoms with Crippen LogP contribution >= 0.6 is 35.3 Å². The quantitative estimate of drug-likeness (QED) is 0.160. The van der Waals surface area contributed by atoms with Gasteiger partial charge in [-0.25, -0.2) is 0 Å². The van der Waals surface area contributed by atoms with Gasteiger partial charge in [0.15, 0.2) is 0 Å². The smallest absolute Gasteiger partial charge is 0.257 e. The van der Waals surface area contributed by atoms with Crippen LogP contribution in [0.1, 0.15) is 0 Å². The monoisotopic (exact) mass is 599 g/mol. The number of nitrogens with zero attached hydrogens (tertiary/aromatic N) is 3. The Kier molecular flexibility index (Phi) is 3.89. The minimum atomic E-state index is 0.172. The van der Waals surface area contributed by atoms with Crippen molar-refractivity contribution in [1.29, 1.82) is 0 Å². The molecule has 6 aliphatic heterocycles. The molecule has 0 aliphatic carbocycles. The van der Waals surface area contributed by atoms with E-state index in [1.54, 1.807) is 0 Å². The largest absolute Gasteiger partial charge is 0.309 e. The molecule has 0 aromatic heterocycles. The Hall–Kier alpha value is -4.17. The maximum Gasteiger partial charge on any atom is 0.257 e. The van der Waals surface area contributed by atoms with Gasteiger partial charge in [-0.15, -0.1) is 0 Å². The van der Waals surface area contributed by atoms with E-state index in [0.717, 1.165) is 0 Å². The van der Waals surface area contributed by atoms with Crippen molar-refractivity contribution in [1.82, 2.24) is 0 Å². The molecule has 6 aromatic carbocycles. The van der Waals surface area contributed by atoms with Crippen LogP contribution in [0.25, 0.3) is 0 Å². The predicted molar refractivity (Wildman–Crippen MR) is 181 cm³/mol. The van der Waals surface area contributed by atoms with Gasteiger partial charge < -0.3 is 14.7 Å². The molecule has 0 atom stereocenters. The summed E-state index contributed by atoms with van der Waals surface area (Å²) in [4.78, 5) is 15.7. The van der Waals surface area contributed by atoms with E-state index in [9.17, 15) is 0 Å². The molecule has 0 amide bonds. The highest BCUT2D eigenvalue weighted by Gasteiger charge is 2.53. The van der Waals surface area contributed by atoms with Crippen molar-refractivity contribution in [2.24, 2.45) is 0 Å². The maximum atomic E-state index is 2.58. The van der Waals surface area contributed by atoms with E-state index >= 15 is 0 Å². The third-order valence-corrected chi connectivity index (χ3v) is 13.1. The summed E-state index contributed by atoms with van der Waals surface area (Å²) in [6, 6.07) is 41.1. The van der Waals surface area contributed by atoms with E-state index in [-0.39, 0.29) is 6.71 Å². The zero-order chi connectivity index (χ0) is 27.6. The van der Waals surface area contributed by atoms with Gasteiger partial charge in [0.1, 0.15) is 0 Å². The molecule has 6 heterocycles. The number of fused-ring (bicyclic) bond motifs is 9. The topological polar surface area (TPSA) is 9.72 Å². The van der Waals surface area contributed by atoms with Crippen molar-refractivity contribution in [2.75, 3.05) is 14.7 Å². The van der Waals surface area contributed by atoms with Crippen LogP contribution in [-0.2, 0) is 0 Å². The summed E-state index contributed by atoms with van der Waals surface area (Å²) in [6.07, 6.45) is 0. The number of anilines is 9. The molecule has 6 aliphatic rings. The summed E-state index contributed by atoms with van der Waals surface area (Å²) < 4.78 is 0. The van der Waals surface area contributed by atoms with Crippen molar-refractivity contribution in [3.05, 3.63) is 109 Å². The fourth-order valence-corrected chi connectivity index (χ4v) is 11.4. The highest BCUT2D eigenvalue weighted by atomic mass is 32.2. The van der Waals surface area contributed by atoms with Crippen molar-refractivity contribution < 1.29 is 0 Å². The Bertz CT molecular complexity index is 2080. The van der Waals surface area contributed by atoms with Gasteiger partial charge in [0.05, 0.1) is 34.1 Å². The van der Waals surface area contributed by atoms with Gasteiger partial charge in [-0.05, 0) is 89.2 Å². The predicted octanol–water partition coefficient (Wildman–Crippen LogP) is 8.95. The van der Waals surface area contributed by atoms with Gasteiger partial charge in [0.2, 0.25) is 0 Å². The molecule has 3 nitrogen and oxygen atoms in total. The molecule has 0 saturated carbocycles. The normalized spacial score (nSPS) is 15.9. The minimum Gasteiger partial charge on any atom is -0.309 e. The second-order valence-electron chi connectivity index (χ2n) is 11.7. The van der Waals surface area contributed by atoms with Crippen molar-refractivity contribution >= 4 is 110 Å². The lowest BCUT2D eigenvalue weighted by Crippen LogP contribution is -2.65. The Morgan fingerprint density at radius 3 is 1.00 bits per heavy atom. The van der Waals surface area contributed by atoms with Crippen molar-refractivity contribution in [2.45, 2.75) is 29.4 Å².